The van der Waals surface area contributed by atoms with Crippen LogP contribution in [0.25, 0.3) is 0 Å². The molecule has 2 rings (SSSR count). The van der Waals surface area contributed by atoms with Crippen molar-refractivity contribution >= 4 is 11.8 Å². The van der Waals surface area contributed by atoms with E-state index in [-0.39, 0.29) is 17.9 Å². The fraction of sp³-hybridized carbons (Fsp3) is 0.867. The molecule has 0 saturated carbocycles. The van der Waals surface area contributed by atoms with Crippen LogP contribution in [0.2, 0.25) is 0 Å². The number of ether oxygens (including phenoxy) is 1. The summed E-state index contributed by atoms with van der Waals surface area (Å²) >= 11 is 0. The standard InChI is InChI=1S/C15H27N3O3/c1-12-3-2-5-16-13(12)11-14(19)17-6-4-15(20)18-7-9-21-10-8-18/h12-13,16H,2-11H2,1H3,(H,17,19). The summed E-state index contributed by atoms with van der Waals surface area (Å²) in [5.74, 6) is 0.679. The van der Waals surface area contributed by atoms with Crippen LogP contribution in [0.4, 0.5) is 0 Å². The van der Waals surface area contributed by atoms with Crippen molar-refractivity contribution in [2.75, 3.05) is 39.4 Å². The van der Waals surface area contributed by atoms with E-state index in [9.17, 15) is 9.59 Å². The van der Waals surface area contributed by atoms with Crippen LogP contribution in [-0.2, 0) is 14.3 Å². The highest BCUT2D eigenvalue weighted by Gasteiger charge is 2.23. The molecule has 2 heterocycles. The molecule has 2 aliphatic heterocycles. The van der Waals surface area contributed by atoms with Gasteiger partial charge in [0.15, 0.2) is 0 Å². The number of amides is 2. The van der Waals surface area contributed by atoms with Gasteiger partial charge >= 0.3 is 0 Å². The number of nitrogens with zero attached hydrogens (tertiary/aromatic N) is 1. The summed E-state index contributed by atoms with van der Waals surface area (Å²) in [6.45, 7) is 6.17. The summed E-state index contributed by atoms with van der Waals surface area (Å²) < 4.78 is 5.22. The Bertz CT molecular complexity index is 356. The average molecular weight is 297 g/mol. The van der Waals surface area contributed by atoms with E-state index >= 15 is 0 Å². The highest BCUT2D eigenvalue weighted by molar-refractivity contribution is 5.79. The highest BCUT2D eigenvalue weighted by Crippen LogP contribution is 2.17. The fourth-order valence-electron chi connectivity index (χ4n) is 2.94. The molecule has 0 aromatic heterocycles. The van der Waals surface area contributed by atoms with Gasteiger partial charge in [-0.2, -0.15) is 0 Å². The lowest BCUT2D eigenvalue weighted by molar-refractivity contribution is -0.135. The molecule has 6 heteroatoms. The molecular weight excluding hydrogens is 270 g/mol. The van der Waals surface area contributed by atoms with E-state index in [1.54, 1.807) is 4.90 Å². The van der Waals surface area contributed by atoms with Crippen LogP contribution < -0.4 is 10.6 Å². The topological polar surface area (TPSA) is 70.7 Å². The van der Waals surface area contributed by atoms with Gasteiger partial charge in [0, 0.05) is 38.5 Å². The smallest absolute Gasteiger partial charge is 0.224 e. The third kappa shape index (κ3) is 5.28. The van der Waals surface area contributed by atoms with E-state index in [0.717, 1.165) is 6.54 Å². The number of rotatable bonds is 5. The number of morpholine rings is 1. The van der Waals surface area contributed by atoms with Gasteiger partial charge in [0.25, 0.3) is 0 Å². The van der Waals surface area contributed by atoms with Crippen molar-refractivity contribution < 1.29 is 14.3 Å². The Labute approximate surface area is 126 Å². The van der Waals surface area contributed by atoms with Gasteiger partial charge in [-0.25, -0.2) is 0 Å². The maximum absolute atomic E-state index is 11.9. The Hall–Kier alpha value is -1.14. The highest BCUT2D eigenvalue weighted by atomic mass is 16.5. The lowest BCUT2D eigenvalue weighted by Gasteiger charge is -2.29. The lowest BCUT2D eigenvalue weighted by atomic mass is 9.90. The number of carbonyl (C=O) groups excluding carboxylic acids is 2. The van der Waals surface area contributed by atoms with Gasteiger partial charge in [0.05, 0.1) is 13.2 Å². The second-order valence-electron chi connectivity index (χ2n) is 5.98. The number of piperidine rings is 1. The minimum atomic E-state index is 0.0380. The van der Waals surface area contributed by atoms with Crippen LogP contribution in [0.15, 0.2) is 0 Å². The van der Waals surface area contributed by atoms with Crippen molar-refractivity contribution in [1.82, 2.24) is 15.5 Å². The van der Waals surface area contributed by atoms with E-state index in [4.69, 9.17) is 4.74 Å². The van der Waals surface area contributed by atoms with Gasteiger partial charge in [-0.15, -0.1) is 0 Å². The summed E-state index contributed by atoms with van der Waals surface area (Å²) in [5.41, 5.74) is 0. The third-order valence-electron chi connectivity index (χ3n) is 4.36. The van der Waals surface area contributed by atoms with Crippen molar-refractivity contribution in [2.24, 2.45) is 5.92 Å². The first-order chi connectivity index (χ1) is 10.2. The first-order valence-corrected chi connectivity index (χ1v) is 8.02. The predicted molar refractivity (Wildman–Crippen MR) is 79.8 cm³/mol. The van der Waals surface area contributed by atoms with E-state index in [2.05, 4.69) is 17.6 Å². The second kappa shape index (κ2) is 8.34. The van der Waals surface area contributed by atoms with E-state index < -0.39 is 0 Å². The van der Waals surface area contributed by atoms with Crippen molar-refractivity contribution in [3.63, 3.8) is 0 Å². The average Bonchev–Trinajstić information content (AvgIpc) is 2.50. The van der Waals surface area contributed by atoms with Crippen LogP contribution in [0.5, 0.6) is 0 Å². The maximum Gasteiger partial charge on any atom is 0.224 e. The van der Waals surface area contributed by atoms with Crippen molar-refractivity contribution in [2.45, 2.75) is 38.6 Å². The lowest BCUT2D eigenvalue weighted by Crippen LogP contribution is -2.44. The first-order valence-electron chi connectivity index (χ1n) is 8.02. The molecule has 2 N–H and O–H groups in total. The largest absolute Gasteiger partial charge is 0.378 e. The van der Waals surface area contributed by atoms with Crippen LogP contribution in [0, 0.1) is 5.92 Å². The van der Waals surface area contributed by atoms with Gasteiger partial charge in [-0.1, -0.05) is 6.92 Å². The molecule has 0 aromatic carbocycles. The molecule has 0 bridgehead atoms. The van der Waals surface area contributed by atoms with E-state index in [0.29, 0.717) is 51.6 Å². The molecule has 0 aromatic rings. The summed E-state index contributed by atoms with van der Waals surface area (Å²) in [6, 6.07) is 0.272. The van der Waals surface area contributed by atoms with Gasteiger partial charge in [-0.3, -0.25) is 9.59 Å². The molecule has 2 atom stereocenters. The second-order valence-corrected chi connectivity index (χ2v) is 5.98. The minimum Gasteiger partial charge on any atom is -0.378 e. The van der Waals surface area contributed by atoms with Crippen LogP contribution >= 0.6 is 0 Å². The molecule has 120 valence electrons. The van der Waals surface area contributed by atoms with E-state index in [1.165, 1.54) is 12.8 Å². The van der Waals surface area contributed by atoms with Crippen LogP contribution in [0.1, 0.15) is 32.6 Å². The number of hydrogen-bond donors (Lipinski definition) is 2. The zero-order chi connectivity index (χ0) is 15.1. The van der Waals surface area contributed by atoms with Crippen LogP contribution in [0.3, 0.4) is 0 Å². The van der Waals surface area contributed by atoms with Gasteiger partial charge in [0.1, 0.15) is 0 Å². The Morgan fingerprint density at radius 1 is 1.33 bits per heavy atom. The van der Waals surface area contributed by atoms with Gasteiger partial charge < -0.3 is 20.3 Å². The molecule has 21 heavy (non-hydrogen) atoms. The van der Waals surface area contributed by atoms with Crippen molar-refractivity contribution in [1.29, 1.82) is 0 Å². The zero-order valence-electron chi connectivity index (χ0n) is 12.9. The molecule has 2 aliphatic rings. The predicted octanol–water partition coefficient (Wildman–Crippen LogP) is 0.130. The monoisotopic (exact) mass is 297 g/mol. The molecule has 2 amide bonds. The normalized spacial score (nSPS) is 26.4. The molecule has 0 aliphatic carbocycles. The van der Waals surface area contributed by atoms with E-state index in [1.807, 2.05) is 0 Å². The Morgan fingerprint density at radius 3 is 2.81 bits per heavy atom. The number of nitrogens with one attached hydrogen (secondary N) is 2. The minimum absolute atomic E-state index is 0.0380. The quantitative estimate of drug-likeness (QED) is 0.757. The van der Waals surface area contributed by atoms with Gasteiger partial charge in [-0.05, 0) is 25.3 Å². The Morgan fingerprint density at radius 2 is 2.10 bits per heavy atom. The van der Waals surface area contributed by atoms with Crippen molar-refractivity contribution in [3.05, 3.63) is 0 Å². The maximum atomic E-state index is 11.9. The summed E-state index contributed by atoms with van der Waals surface area (Å²) in [4.78, 5) is 25.7. The molecular formula is C15H27N3O3. The number of hydrogen-bond acceptors (Lipinski definition) is 4. The van der Waals surface area contributed by atoms with Crippen LogP contribution in [-0.4, -0.2) is 62.1 Å². The molecule has 0 radical (unpaired) electrons. The molecule has 6 nitrogen and oxygen atoms in total. The first kappa shape index (κ1) is 16.2. The summed E-state index contributed by atoms with van der Waals surface area (Å²) in [6.07, 6.45) is 3.25. The molecule has 2 fully saturated rings. The SMILES string of the molecule is CC1CCCNC1CC(=O)NCCC(=O)N1CCOCC1. The fourth-order valence-corrected chi connectivity index (χ4v) is 2.94. The molecule has 0 spiro atoms. The Balaban J connectivity index is 1.61. The Kier molecular flexibility index (Phi) is 6.45. The summed E-state index contributed by atoms with van der Waals surface area (Å²) in [7, 11) is 0. The number of carbonyl (C=O) groups is 2. The molecule has 2 unspecified atom stereocenters. The van der Waals surface area contributed by atoms with Gasteiger partial charge in [0.2, 0.25) is 11.8 Å². The summed E-state index contributed by atoms with van der Waals surface area (Å²) in [5, 5.41) is 6.26. The molecule has 2 saturated heterocycles. The van der Waals surface area contributed by atoms with Crippen molar-refractivity contribution in [3.8, 4) is 0 Å². The third-order valence-corrected chi connectivity index (χ3v) is 4.36. The zero-order valence-corrected chi connectivity index (χ0v) is 12.9.